The highest BCUT2D eigenvalue weighted by molar-refractivity contribution is 7.18. The molecule has 104 valence electrons. The summed E-state index contributed by atoms with van der Waals surface area (Å²) in [6, 6.07) is 17.5. The van der Waals surface area contributed by atoms with Crippen LogP contribution in [0, 0.1) is 0 Å². The zero-order valence-electron chi connectivity index (χ0n) is 11.4. The Bertz CT molecular complexity index is 748. The van der Waals surface area contributed by atoms with E-state index < -0.39 is 0 Å². The molecule has 0 radical (unpaired) electrons. The Morgan fingerprint density at radius 1 is 1.00 bits per heavy atom. The molecule has 2 aromatic carbocycles. The summed E-state index contributed by atoms with van der Waals surface area (Å²) in [6.07, 6.45) is 0.808. The van der Waals surface area contributed by atoms with Crippen LogP contribution in [0.2, 0.25) is 0 Å². The fourth-order valence-corrected chi connectivity index (χ4v) is 3.11. The lowest BCUT2D eigenvalue weighted by atomic mass is 10.1. The molecule has 0 atom stereocenters. The fourth-order valence-electron chi connectivity index (χ4n) is 2.07. The summed E-state index contributed by atoms with van der Waals surface area (Å²) < 4.78 is 5.15. The van der Waals surface area contributed by atoms with Gasteiger partial charge in [-0.05, 0) is 29.8 Å². The van der Waals surface area contributed by atoms with Crippen molar-refractivity contribution in [1.82, 2.24) is 4.98 Å². The van der Waals surface area contributed by atoms with E-state index in [1.807, 2.05) is 54.6 Å². The van der Waals surface area contributed by atoms with Crippen LogP contribution in [0.1, 0.15) is 10.5 Å². The second-order valence-corrected chi connectivity index (χ2v) is 5.44. The number of thiazole rings is 1. The molecule has 1 heterocycles. The van der Waals surface area contributed by atoms with E-state index in [0.717, 1.165) is 33.0 Å². The number of methoxy groups -OCH3 is 1. The molecule has 0 bridgehead atoms. The van der Waals surface area contributed by atoms with Crippen LogP contribution >= 0.6 is 11.3 Å². The zero-order valence-corrected chi connectivity index (χ0v) is 12.3. The van der Waals surface area contributed by atoms with Crippen molar-refractivity contribution in [2.24, 2.45) is 0 Å². The molecule has 3 aromatic rings. The second kappa shape index (κ2) is 5.89. The second-order valence-electron chi connectivity index (χ2n) is 4.45. The first-order chi connectivity index (χ1) is 10.3. The van der Waals surface area contributed by atoms with Crippen LogP contribution in [0.5, 0.6) is 5.75 Å². The lowest BCUT2D eigenvalue weighted by molar-refractivity contribution is 0.112. The maximum absolute atomic E-state index is 11.3. The maximum Gasteiger partial charge on any atom is 0.169 e. The molecule has 0 spiro atoms. The van der Waals surface area contributed by atoms with E-state index in [0.29, 0.717) is 5.69 Å². The van der Waals surface area contributed by atoms with E-state index in [9.17, 15) is 4.79 Å². The third kappa shape index (κ3) is 2.71. The molecule has 0 saturated heterocycles. The average Bonchev–Trinajstić information content (AvgIpc) is 3.00. The summed E-state index contributed by atoms with van der Waals surface area (Å²) in [5.74, 6) is 0.791. The molecule has 0 fully saturated rings. The predicted octanol–water partition coefficient (Wildman–Crippen LogP) is 4.30. The van der Waals surface area contributed by atoms with Crippen molar-refractivity contribution in [1.29, 1.82) is 0 Å². The molecule has 0 unspecified atom stereocenters. The normalized spacial score (nSPS) is 10.3. The summed E-state index contributed by atoms with van der Waals surface area (Å²) in [4.78, 5) is 16.6. The zero-order chi connectivity index (χ0) is 14.7. The van der Waals surface area contributed by atoms with E-state index in [4.69, 9.17) is 4.74 Å². The Morgan fingerprint density at radius 3 is 2.33 bits per heavy atom. The van der Waals surface area contributed by atoms with Gasteiger partial charge in [0.15, 0.2) is 6.29 Å². The Morgan fingerprint density at radius 2 is 1.71 bits per heavy atom. The van der Waals surface area contributed by atoms with Crippen LogP contribution in [0.3, 0.4) is 0 Å². The predicted molar refractivity (Wildman–Crippen MR) is 84.9 cm³/mol. The number of ether oxygens (including phenoxy) is 1. The summed E-state index contributed by atoms with van der Waals surface area (Å²) in [5, 5.41) is 0.850. The van der Waals surface area contributed by atoms with Crippen molar-refractivity contribution in [2.75, 3.05) is 7.11 Å². The number of hydrogen-bond acceptors (Lipinski definition) is 4. The lowest BCUT2D eigenvalue weighted by Crippen LogP contribution is -1.85. The van der Waals surface area contributed by atoms with Crippen LogP contribution in [0.4, 0.5) is 0 Å². The summed E-state index contributed by atoms with van der Waals surface area (Å²) >= 11 is 1.52. The first-order valence-corrected chi connectivity index (χ1v) is 7.29. The minimum absolute atomic E-state index is 0.476. The Hall–Kier alpha value is -2.46. The molecule has 0 saturated carbocycles. The van der Waals surface area contributed by atoms with Gasteiger partial charge >= 0.3 is 0 Å². The third-order valence-electron chi connectivity index (χ3n) is 3.14. The van der Waals surface area contributed by atoms with Crippen molar-refractivity contribution in [3.05, 3.63) is 60.3 Å². The molecule has 0 aliphatic carbocycles. The van der Waals surface area contributed by atoms with Gasteiger partial charge in [-0.25, -0.2) is 4.98 Å². The van der Waals surface area contributed by atoms with Crippen molar-refractivity contribution in [3.8, 4) is 26.8 Å². The highest BCUT2D eigenvalue weighted by Gasteiger charge is 2.13. The number of benzene rings is 2. The van der Waals surface area contributed by atoms with Gasteiger partial charge in [0.2, 0.25) is 0 Å². The molecule has 3 nitrogen and oxygen atoms in total. The average molecular weight is 295 g/mol. The number of rotatable bonds is 4. The fraction of sp³-hybridized carbons (Fsp3) is 0.0588. The van der Waals surface area contributed by atoms with Crippen molar-refractivity contribution >= 4 is 17.6 Å². The Labute approximate surface area is 126 Å². The summed E-state index contributed by atoms with van der Waals surface area (Å²) in [7, 11) is 1.63. The first-order valence-electron chi connectivity index (χ1n) is 6.47. The Balaban J connectivity index is 2.05. The molecule has 0 aliphatic rings. The standard InChI is InChI=1S/C17H13NO2S/c1-20-14-9-7-12(8-10-14)16-15(11-19)18-17(21-16)13-5-3-2-4-6-13/h2-11H,1H3. The summed E-state index contributed by atoms with van der Waals surface area (Å²) in [6.45, 7) is 0. The van der Waals surface area contributed by atoms with Gasteiger partial charge in [-0.1, -0.05) is 30.3 Å². The highest BCUT2D eigenvalue weighted by Crippen LogP contribution is 2.35. The number of hydrogen-bond donors (Lipinski definition) is 0. The molecule has 4 heteroatoms. The maximum atomic E-state index is 11.3. The minimum Gasteiger partial charge on any atom is -0.497 e. The van der Waals surface area contributed by atoms with Gasteiger partial charge in [0.25, 0.3) is 0 Å². The van der Waals surface area contributed by atoms with E-state index in [2.05, 4.69) is 4.98 Å². The number of carbonyl (C=O) groups excluding carboxylic acids is 1. The molecule has 3 rings (SSSR count). The number of nitrogens with zero attached hydrogens (tertiary/aromatic N) is 1. The molecule has 0 N–H and O–H groups in total. The first kappa shape index (κ1) is 13.5. The smallest absolute Gasteiger partial charge is 0.169 e. The highest BCUT2D eigenvalue weighted by atomic mass is 32.1. The minimum atomic E-state index is 0.476. The topological polar surface area (TPSA) is 39.2 Å². The van der Waals surface area contributed by atoms with Gasteiger partial charge in [0.1, 0.15) is 16.5 Å². The molecular weight excluding hydrogens is 282 g/mol. The number of carbonyl (C=O) groups is 1. The molecule has 21 heavy (non-hydrogen) atoms. The lowest BCUT2D eigenvalue weighted by Gasteiger charge is -2.01. The van der Waals surface area contributed by atoms with Crippen LogP contribution in [-0.2, 0) is 0 Å². The molecular formula is C17H13NO2S. The molecule has 0 amide bonds. The van der Waals surface area contributed by atoms with E-state index in [1.54, 1.807) is 7.11 Å². The molecule has 1 aromatic heterocycles. The van der Waals surface area contributed by atoms with Crippen LogP contribution < -0.4 is 4.74 Å². The SMILES string of the molecule is COc1ccc(-c2sc(-c3ccccc3)nc2C=O)cc1. The van der Waals surface area contributed by atoms with Gasteiger partial charge in [0, 0.05) is 5.56 Å². The largest absolute Gasteiger partial charge is 0.497 e. The number of aromatic nitrogens is 1. The van der Waals surface area contributed by atoms with E-state index in [1.165, 1.54) is 11.3 Å². The monoisotopic (exact) mass is 295 g/mol. The third-order valence-corrected chi connectivity index (χ3v) is 4.31. The molecule has 0 aliphatic heterocycles. The number of aldehydes is 1. The van der Waals surface area contributed by atoms with Crippen LogP contribution in [-0.4, -0.2) is 18.4 Å². The van der Waals surface area contributed by atoms with Gasteiger partial charge in [-0.2, -0.15) is 0 Å². The van der Waals surface area contributed by atoms with E-state index >= 15 is 0 Å². The summed E-state index contributed by atoms with van der Waals surface area (Å²) in [5.41, 5.74) is 2.46. The van der Waals surface area contributed by atoms with Gasteiger partial charge in [0.05, 0.1) is 12.0 Å². The quantitative estimate of drug-likeness (QED) is 0.674. The van der Waals surface area contributed by atoms with Crippen molar-refractivity contribution < 1.29 is 9.53 Å². The van der Waals surface area contributed by atoms with Crippen molar-refractivity contribution in [3.63, 3.8) is 0 Å². The Kier molecular flexibility index (Phi) is 3.79. The van der Waals surface area contributed by atoms with Crippen molar-refractivity contribution in [2.45, 2.75) is 0 Å². The van der Waals surface area contributed by atoms with Crippen LogP contribution in [0.25, 0.3) is 21.0 Å². The van der Waals surface area contributed by atoms with Gasteiger partial charge < -0.3 is 4.74 Å². The van der Waals surface area contributed by atoms with Crippen LogP contribution in [0.15, 0.2) is 54.6 Å². The van der Waals surface area contributed by atoms with Gasteiger partial charge in [-0.15, -0.1) is 11.3 Å². The van der Waals surface area contributed by atoms with Gasteiger partial charge in [-0.3, -0.25) is 4.79 Å². The van der Waals surface area contributed by atoms with E-state index in [-0.39, 0.29) is 0 Å².